The topological polar surface area (TPSA) is 55.4 Å². The van der Waals surface area contributed by atoms with E-state index < -0.39 is 5.97 Å². The van der Waals surface area contributed by atoms with Crippen molar-refractivity contribution in [2.45, 2.75) is 20.3 Å². The fraction of sp³-hybridized carbons (Fsp3) is 0.300. The number of ketones is 1. The van der Waals surface area contributed by atoms with Gasteiger partial charge in [-0.3, -0.25) is 4.79 Å². The van der Waals surface area contributed by atoms with Crippen LogP contribution < -0.4 is 5.48 Å². The Morgan fingerprint density at radius 1 is 1.17 bits per heavy atom. The Morgan fingerprint density at radius 3 is 2.67 bits per heavy atom. The van der Waals surface area contributed by atoms with Crippen LogP contribution in [0.5, 0.6) is 0 Å². The van der Waals surface area contributed by atoms with E-state index in [-0.39, 0.29) is 23.5 Å². The van der Waals surface area contributed by atoms with Gasteiger partial charge >= 0.3 is 5.97 Å². The molecule has 24 heavy (non-hydrogen) atoms. The number of allylic oxidation sites excluding steroid dienone is 5. The first-order chi connectivity index (χ1) is 11.5. The van der Waals surface area contributed by atoms with Gasteiger partial charge in [-0.05, 0) is 55.5 Å². The highest BCUT2D eigenvalue weighted by Crippen LogP contribution is 2.51. The highest BCUT2D eigenvalue weighted by Gasteiger charge is 2.47. The van der Waals surface area contributed by atoms with Crippen LogP contribution in [0, 0.1) is 24.7 Å². The fourth-order valence-electron chi connectivity index (χ4n) is 3.96. The van der Waals surface area contributed by atoms with Crippen molar-refractivity contribution in [2.75, 3.05) is 0 Å². The molecule has 0 saturated heterocycles. The van der Waals surface area contributed by atoms with Crippen LogP contribution in [0.1, 0.15) is 29.3 Å². The molecule has 1 aromatic rings. The Hall–Kier alpha value is -2.62. The second kappa shape index (κ2) is 5.48. The monoisotopic (exact) mass is 321 g/mol. The number of fused-ring (bicyclic) bond motifs is 5. The summed E-state index contributed by atoms with van der Waals surface area (Å²) in [7, 11) is 0. The summed E-state index contributed by atoms with van der Waals surface area (Å²) in [5.74, 6) is 0.196. The number of hydroxylamine groups is 1. The van der Waals surface area contributed by atoms with Crippen LogP contribution in [0.3, 0.4) is 0 Å². The van der Waals surface area contributed by atoms with E-state index >= 15 is 0 Å². The lowest BCUT2D eigenvalue weighted by molar-refractivity contribution is -0.118. The first kappa shape index (κ1) is 14.9. The van der Waals surface area contributed by atoms with Gasteiger partial charge < -0.3 is 4.84 Å². The number of hydrogen-bond acceptors (Lipinski definition) is 4. The summed E-state index contributed by atoms with van der Waals surface area (Å²) in [6, 6.07) is 7.24. The number of benzene rings is 1. The molecule has 3 aliphatic carbocycles. The Kier molecular flexibility index (Phi) is 3.41. The Morgan fingerprint density at radius 2 is 1.92 bits per heavy atom. The summed E-state index contributed by atoms with van der Waals surface area (Å²) in [6.45, 7) is 3.84. The molecule has 3 atom stereocenters. The highest BCUT2D eigenvalue weighted by molar-refractivity contribution is 5.98. The van der Waals surface area contributed by atoms with Crippen LogP contribution in [0.4, 0.5) is 0 Å². The average Bonchev–Trinajstić information content (AvgIpc) is 3.16. The van der Waals surface area contributed by atoms with Gasteiger partial charge in [0.1, 0.15) is 0 Å². The number of carbonyl (C=O) groups is 2. The van der Waals surface area contributed by atoms with Gasteiger partial charge in [-0.25, -0.2) is 10.3 Å². The summed E-state index contributed by atoms with van der Waals surface area (Å²) in [6.07, 6.45) is 6.93. The van der Waals surface area contributed by atoms with Crippen molar-refractivity contribution in [3.63, 3.8) is 0 Å². The zero-order valence-electron chi connectivity index (χ0n) is 13.7. The van der Waals surface area contributed by atoms with Gasteiger partial charge in [0, 0.05) is 5.92 Å². The lowest BCUT2D eigenvalue weighted by atomic mass is 9.79. The van der Waals surface area contributed by atoms with Crippen LogP contribution in [0.25, 0.3) is 0 Å². The molecule has 1 N–H and O–H groups in total. The fourth-order valence-corrected chi connectivity index (χ4v) is 3.96. The molecule has 4 heteroatoms. The summed E-state index contributed by atoms with van der Waals surface area (Å²) >= 11 is 0. The smallest absolute Gasteiger partial charge is 0.338 e. The molecule has 0 aromatic heterocycles. The Bertz CT molecular complexity index is 814. The minimum atomic E-state index is -0.428. The molecular weight excluding hydrogens is 302 g/mol. The molecule has 0 radical (unpaired) electrons. The van der Waals surface area contributed by atoms with Gasteiger partial charge in [-0.1, -0.05) is 29.8 Å². The lowest BCUT2D eigenvalue weighted by Gasteiger charge is -2.27. The SMILES string of the molecule is CC1=CC(=O)[C@@H]2C(=C1NOC(=O)c1ccc(C)cc1)[C@@H]1C=C[C@H]2C1. The van der Waals surface area contributed by atoms with E-state index in [0.717, 1.165) is 28.8 Å². The quantitative estimate of drug-likeness (QED) is 0.686. The van der Waals surface area contributed by atoms with Crippen molar-refractivity contribution < 1.29 is 14.4 Å². The van der Waals surface area contributed by atoms with Gasteiger partial charge in [-0.2, -0.15) is 0 Å². The third-order valence-corrected chi connectivity index (χ3v) is 5.16. The van der Waals surface area contributed by atoms with Crippen molar-refractivity contribution in [1.82, 2.24) is 5.48 Å². The predicted octanol–water partition coefficient (Wildman–Crippen LogP) is 3.26. The molecule has 1 fully saturated rings. The van der Waals surface area contributed by atoms with Crippen LogP contribution in [-0.2, 0) is 9.63 Å². The second-order valence-electron chi connectivity index (χ2n) is 6.79. The van der Waals surface area contributed by atoms with Crippen LogP contribution >= 0.6 is 0 Å². The van der Waals surface area contributed by atoms with Gasteiger partial charge in [-0.15, -0.1) is 0 Å². The number of hydrogen-bond donors (Lipinski definition) is 1. The standard InChI is InChI=1S/C20H19NO3/c1-11-3-5-13(6-4-11)20(23)24-21-19-12(2)9-16(22)17-14-7-8-15(10-14)18(17)19/h3-9,14-15,17,21H,10H2,1-2H3/t14-,15+,17+/m0/s1. The first-order valence-electron chi connectivity index (χ1n) is 8.23. The van der Waals surface area contributed by atoms with E-state index in [2.05, 4.69) is 17.6 Å². The van der Waals surface area contributed by atoms with E-state index in [1.54, 1.807) is 18.2 Å². The van der Waals surface area contributed by atoms with Crippen molar-refractivity contribution in [2.24, 2.45) is 17.8 Å². The van der Waals surface area contributed by atoms with E-state index in [4.69, 9.17) is 4.84 Å². The second-order valence-corrected chi connectivity index (χ2v) is 6.79. The Balaban J connectivity index is 1.57. The lowest BCUT2D eigenvalue weighted by Crippen LogP contribution is -2.30. The molecule has 1 saturated carbocycles. The zero-order chi connectivity index (χ0) is 16.8. The Labute approximate surface area is 140 Å². The number of rotatable bonds is 3. The van der Waals surface area contributed by atoms with Crippen molar-refractivity contribution in [1.29, 1.82) is 0 Å². The average molecular weight is 321 g/mol. The maximum atomic E-state index is 12.3. The van der Waals surface area contributed by atoms with E-state index in [1.165, 1.54) is 0 Å². The van der Waals surface area contributed by atoms with Crippen LogP contribution in [-0.4, -0.2) is 11.8 Å². The minimum Gasteiger partial charge on any atom is -0.338 e. The summed E-state index contributed by atoms with van der Waals surface area (Å²) in [4.78, 5) is 29.9. The van der Waals surface area contributed by atoms with E-state index in [1.807, 2.05) is 26.0 Å². The minimum absolute atomic E-state index is 0.0933. The van der Waals surface area contributed by atoms with Gasteiger partial charge in [0.2, 0.25) is 0 Å². The van der Waals surface area contributed by atoms with Gasteiger partial charge in [0.05, 0.1) is 17.2 Å². The van der Waals surface area contributed by atoms with Crippen molar-refractivity contribution in [3.8, 4) is 0 Å². The summed E-state index contributed by atoms with van der Waals surface area (Å²) in [5.41, 5.74) is 7.11. The molecule has 0 heterocycles. The van der Waals surface area contributed by atoms with Crippen molar-refractivity contribution in [3.05, 3.63) is 70.5 Å². The molecule has 0 amide bonds. The summed E-state index contributed by atoms with van der Waals surface area (Å²) in [5, 5.41) is 0. The molecule has 122 valence electrons. The molecule has 4 rings (SSSR count). The van der Waals surface area contributed by atoms with E-state index in [9.17, 15) is 9.59 Å². The number of nitrogens with one attached hydrogen (secondary N) is 1. The molecule has 2 bridgehead atoms. The summed E-state index contributed by atoms with van der Waals surface area (Å²) < 4.78 is 0. The molecule has 0 spiro atoms. The normalized spacial score (nSPS) is 27.2. The third-order valence-electron chi connectivity index (χ3n) is 5.16. The number of aryl methyl sites for hydroxylation is 1. The largest absolute Gasteiger partial charge is 0.362 e. The molecule has 0 aliphatic heterocycles. The molecule has 1 aromatic carbocycles. The van der Waals surface area contributed by atoms with E-state index in [0.29, 0.717) is 5.56 Å². The molecule has 0 unspecified atom stereocenters. The van der Waals surface area contributed by atoms with Gasteiger partial charge in [0.25, 0.3) is 0 Å². The van der Waals surface area contributed by atoms with Crippen molar-refractivity contribution >= 4 is 11.8 Å². The maximum Gasteiger partial charge on any atom is 0.362 e. The van der Waals surface area contributed by atoms with Crippen LogP contribution in [0.2, 0.25) is 0 Å². The zero-order valence-corrected chi connectivity index (χ0v) is 13.7. The highest BCUT2D eigenvalue weighted by atomic mass is 16.7. The molecule has 4 nitrogen and oxygen atoms in total. The number of carbonyl (C=O) groups excluding carboxylic acids is 2. The molecule has 3 aliphatic rings. The maximum absolute atomic E-state index is 12.3. The molecular formula is C20H19NO3. The van der Waals surface area contributed by atoms with Crippen LogP contribution in [0.15, 0.2) is 59.3 Å². The predicted molar refractivity (Wildman–Crippen MR) is 89.7 cm³/mol. The van der Waals surface area contributed by atoms with Gasteiger partial charge in [0.15, 0.2) is 5.78 Å². The third kappa shape index (κ3) is 2.30. The first-order valence-corrected chi connectivity index (χ1v) is 8.23.